The zero-order valence-corrected chi connectivity index (χ0v) is 18.4. The summed E-state index contributed by atoms with van der Waals surface area (Å²) in [6, 6.07) is 2.21. The van der Waals surface area contributed by atoms with Gasteiger partial charge in [0.05, 0.1) is 29.4 Å². The lowest BCUT2D eigenvalue weighted by atomic mass is 9.80. The predicted molar refractivity (Wildman–Crippen MR) is 111 cm³/mol. The SMILES string of the molecule is CCC[C@@H](C(=O)c1cc(C(=O)C(C)C)c(O)cc1O)[C@H]1C[C@@H](O)[C@]2(O[C@H]2CC)[C@H](O)O1. The van der Waals surface area contributed by atoms with E-state index < -0.39 is 53.2 Å². The lowest BCUT2D eigenvalue weighted by Crippen LogP contribution is -2.55. The maximum atomic E-state index is 13.4. The van der Waals surface area contributed by atoms with Crippen molar-refractivity contribution in [3.63, 3.8) is 0 Å². The molecule has 31 heavy (non-hydrogen) atoms. The van der Waals surface area contributed by atoms with Crippen LogP contribution in [0.1, 0.15) is 74.1 Å². The fraction of sp³-hybridized carbons (Fsp3) is 0.652. The second-order valence-corrected chi connectivity index (χ2v) is 8.81. The van der Waals surface area contributed by atoms with Crippen LogP contribution >= 0.6 is 0 Å². The minimum absolute atomic E-state index is 0.0350. The van der Waals surface area contributed by atoms with Gasteiger partial charge in [-0.25, -0.2) is 0 Å². The standard InChI is InChI=1S/C23H32O8/c1-5-7-12(17-10-18(26)23(22(29)30-17)19(6-2)31-23)21(28)14-8-13(20(27)11(3)4)15(24)9-16(14)25/h8-9,11-12,17-19,22,24-26,29H,5-7,10H2,1-4H3/t12-,17-,18-,19+,22-,23-/m1/s1. The van der Waals surface area contributed by atoms with Gasteiger partial charge in [0.2, 0.25) is 0 Å². The van der Waals surface area contributed by atoms with Crippen LogP contribution in [-0.2, 0) is 9.47 Å². The molecule has 6 atom stereocenters. The van der Waals surface area contributed by atoms with E-state index in [2.05, 4.69) is 0 Å². The summed E-state index contributed by atoms with van der Waals surface area (Å²) in [5, 5.41) is 41.6. The van der Waals surface area contributed by atoms with Gasteiger partial charge in [0.1, 0.15) is 11.5 Å². The molecule has 8 heteroatoms. The number of Topliss-reactive ketones (excluding diaryl/α,β-unsaturated/α-hetero) is 2. The van der Waals surface area contributed by atoms with Crippen LogP contribution in [0.25, 0.3) is 0 Å². The van der Waals surface area contributed by atoms with Crippen molar-refractivity contribution in [3.05, 3.63) is 23.3 Å². The number of aliphatic hydroxyl groups is 2. The number of phenols is 2. The smallest absolute Gasteiger partial charge is 0.189 e. The number of ketones is 2. The van der Waals surface area contributed by atoms with Gasteiger partial charge in [-0.05, 0) is 18.9 Å². The number of carbonyl (C=O) groups is 2. The fourth-order valence-electron chi connectivity index (χ4n) is 4.56. The first-order valence-electron chi connectivity index (χ1n) is 10.9. The summed E-state index contributed by atoms with van der Waals surface area (Å²) in [5.41, 5.74) is -1.28. The van der Waals surface area contributed by atoms with E-state index in [1.807, 2.05) is 13.8 Å². The van der Waals surface area contributed by atoms with Crippen LogP contribution in [0, 0.1) is 11.8 Å². The molecule has 0 unspecified atom stereocenters. The number of rotatable bonds is 8. The van der Waals surface area contributed by atoms with Crippen molar-refractivity contribution in [1.82, 2.24) is 0 Å². The summed E-state index contributed by atoms with van der Waals surface area (Å²) in [6.07, 6.45) is -1.73. The molecule has 2 saturated heterocycles. The Hall–Kier alpha value is -2.00. The topological polar surface area (TPSA) is 137 Å². The fourth-order valence-corrected chi connectivity index (χ4v) is 4.56. The van der Waals surface area contributed by atoms with Gasteiger partial charge in [-0.1, -0.05) is 34.1 Å². The summed E-state index contributed by atoms with van der Waals surface area (Å²) in [5.74, 6) is -2.81. The van der Waals surface area contributed by atoms with E-state index in [1.54, 1.807) is 13.8 Å². The minimum atomic E-state index is -1.37. The van der Waals surface area contributed by atoms with Crippen LogP contribution in [0.15, 0.2) is 12.1 Å². The summed E-state index contributed by atoms with van der Waals surface area (Å²) in [6.45, 7) is 7.12. The summed E-state index contributed by atoms with van der Waals surface area (Å²) in [4.78, 5) is 25.8. The van der Waals surface area contributed by atoms with Gasteiger partial charge in [0.15, 0.2) is 23.5 Å². The molecule has 0 bridgehead atoms. The second kappa shape index (κ2) is 8.86. The Morgan fingerprint density at radius 3 is 2.19 bits per heavy atom. The minimum Gasteiger partial charge on any atom is -0.507 e. The van der Waals surface area contributed by atoms with Crippen LogP contribution < -0.4 is 0 Å². The van der Waals surface area contributed by atoms with Crippen LogP contribution in [0.3, 0.4) is 0 Å². The van der Waals surface area contributed by atoms with Crippen LogP contribution in [0.5, 0.6) is 11.5 Å². The van der Waals surface area contributed by atoms with Crippen molar-refractivity contribution < 1.29 is 39.5 Å². The average Bonchev–Trinajstić information content (AvgIpc) is 3.45. The number of hydrogen-bond donors (Lipinski definition) is 4. The number of hydrogen-bond acceptors (Lipinski definition) is 8. The number of epoxide rings is 1. The Morgan fingerprint density at radius 2 is 1.71 bits per heavy atom. The van der Waals surface area contributed by atoms with Crippen molar-refractivity contribution in [3.8, 4) is 11.5 Å². The molecule has 0 aromatic heterocycles. The third-order valence-electron chi connectivity index (χ3n) is 6.38. The third kappa shape index (κ3) is 4.09. The summed E-state index contributed by atoms with van der Waals surface area (Å²) >= 11 is 0. The predicted octanol–water partition coefficient (Wildman–Crippen LogP) is 2.55. The van der Waals surface area contributed by atoms with Crippen LogP contribution in [0.2, 0.25) is 0 Å². The number of aromatic hydroxyl groups is 2. The number of aliphatic hydroxyl groups excluding tert-OH is 2. The Labute approximate surface area is 181 Å². The Bertz CT molecular complexity index is 836. The summed E-state index contributed by atoms with van der Waals surface area (Å²) in [7, 11) is 0. The highest BCUT2D eigenvalue weighted by Gasteiger charge is 2.68. The van der Waals surface area contributed by atoms with Gasteiger partial charge in [-0.3, -0.25) is 9.59 Å². The van der Waals surface area contributed by atoms with E-state index >= 15 is 0 Å². The highest BCUT2D eigenvalue weighted by molar-refractivity contribution is 6.06. The molecular weight excluding hydrogens is 404 g/mol. The van der Waals surface area contributed by atoms with E-state index in [0.29, 0.717) is 19.3 Å². The molecule has 8 nitrogen and oxygen atoms in total. The molecule has 0 saturated carbocycles. The first-order valence-corrected chi connectivity index (χ1v) is 10.9. The quantitative estimate of drug-likeness (QED) is 0.360. The molecule has 4 N–H and O–H groups in total. The zero-order valence-electron chi connectivity index (χ0n) is 18.4. The molecule has 0 radical (unpaired) electrons. The molecule has 1 aromatic rings. The van der Waals surface area contributed by atoms with E-state index in [0.717, 1.165) is 6.07 Å². The lowest BCUT2D eigenvalue weighted by molar-refractivity contribution is -0.239. The van der Waals surface area contributed by atoms with E-state index in [1.165, 1.54) is 6.07 Å². The maximum absolute atomic E-state index is 13.4. The van der Waals surface area contributed by atoms with Crippen molar-refractivity contribution in [2.45, 2.75) is 83.6 Å². The van der Waals surface area contributed by atoms with Crippen molar-refractivity contribution in [1.29, 1.82) is 0 Å². The molecule has 2 aliphatic heterocycles. The van der Waals surface area contributed by atoms with Gasteiger partial charge >= 0.3 is 0 Å². The highest BCUT2D eigenvalue weighted by Crippen LogP contribution is 2.50. The Morgan fingerprint density at radius 1 is 1.10 bits per heavy atom. The number of ether oxygens (including phenoxy) is 2. The molecule has 0 amide bonds. The van der Waals surface area contributed by atoms with Crippen molar-refractivity contribution >= 4 is 11.6 Å². The van der Waals surface area contributed by atoms with Crippen molar-refractivity contribution in [2.75, 3.05) is 0 Å². The lowest BCUT2D eigenvalue weighted by Gasteiger charge is -2.39. The van der Waals surface area contributed by atoms with E-state index in [9.17, 15) is 30.0 Å². The molecule has 1 aromatic carbocycles. The molecular formula is C23H32O8. The van der Waals surface area contributed by atoms with Crippen LogP contribution in [-0.4, -0.2) is 62.2 Å². The van der Waals surface area contributed by atoms with Gasteiger partial charge in [0.25, 0.3) is 0 Å². The zero-order chi connectivity index (χ0) is 23.1. The molecule has 172 valence electrons. The van der Waals surface area contributed by atoms with Gasteiger partial charge in [-0.2, -0.15) is 0 Å². The highest BCUT2D eigenvalue weighted by atomic mass is 16.7. The monoisotopic (exact) mass is 436 g/mol. The normalized spacial score (nSPS) is 31.1. The first-order chi connectivity index (χ1) is 14.6. The molecule has 1 spiro atoms. The first kappa shape index (κ1) is 23.7. The third-order valence-corrected chi connectivity index (χ3v) is 6.38. The molecule has 2 aliphatic rings. The van der Waals surface area contributed by atoms with E-state index in [-0.39, 0.29) is 29.4 Å². The van der Waals surface area contributed by atoms with Gasteiger partial charge in [-0.15, -0.1) is 0 Å². The largest absolute Gasteiger partial charge is 0.507 e. The maximum Gasteiger partial charge on any atom is 0.189 e. The molecule has 2 heterocycles. The average molecular weight is 437 g/mol. The van der Waals surface area contributed by atoms with Crippen molar-refractivity contribution in [2.24, 2.45) is 11.8 Å². The number of phenolic OH excluding ortho intramolecular Hbond substituents is 2. The molecule has 2 fully saturated rings. The summed E-state index contributed by atoms with van der Waals surface area (Å²) < 4.78 is 11.3. The molecule has 3 rings (SSSR count). The van der Waals surface area contributed by atoms with E-state index in [4.69, 9.17) is 9.47 Å². The number of benzene rings is 1. The van der Waals surface area contributed by atoms with Crippen LogP contribution in [0.4, 0.5) is 0 Å². The Kier molecular flexibility index (Phi) is 6.76. The number of carbonyl (C=O) groups excluding carboxylic acids is 2. The Balaban J connectivity index is 1.90. The van der Waals surface area contributed by atoms with Gasteiger partial charge in [0, 0.05) is 24.3 Å². The second-order valence-electron chi connectivity index (χ2n) is 8.81. The van der Waals surface area contributed by atoms with Gasteiger partial charge < -0.3 is 29.9 Å². The molecule has 0 aliphatic carbocycles.